The molecule has 0 bridgehead atoms. The fourth-order valence-corrected chi connectivity index (χ4v) is 2.74. The normalized spacial score (nSPS) is 12.3. The highest BCUT2D eigenvalue weighted by atomic mass is 32.2. The van der Waals surface area contributed by atoms with Crippen LogP contribution in [0.3, 0.4) is 0 Å². The van der Waals surface area contributed by atoms with Gasteiger partial charge >= 0.3 is 0 Å². The van der Waals surface area contributed by atoms with Crippen LogP contribution >= 0.6 is 0 Å². The second-order valence-corrected chi connectivity index (χ2v) is 6.54. The highest BCUT2D eigenvalue weighted by molar-refractivity contribution is 7.86. The van der Waals surface area contributed by atoms with Crippen molar-refractivity contribution in [1.82, 2.24) is 0 Å². The highest BCUT2D eigenvalue weighted by Gasteiger charge is 2.26. The monoisotopic (exact) mass is 292 g/mol. The van der Waals surface area contributed by atoms with Gasteiger partial charge in [-0.25, -0.2) is 0 Å². The van der Waals surface area contributed by atoms with E-state index in [0.29, 0.717) is 5.56 Å². The zero-order valence-electron chi connectivity index (χ0n) is 11.2. The van der Waals surface area contributed by atoms with Crippen LogP contribution in [0.5, 0.6) is 5.75 Å². The molecule has 0 unspecified atom stereocenters. The van der Waals surface area contributed by atoms with Crippen LogP contribution in [-0.2, 0) is 15.5 Å². The first-order valence-corrected chi connectivity index (χ1v) is 7.53. The van der Waals surface area contributed by atoms with Gasteiger partial charge in [0.15, 0.2) is 0 Å². The van der Waals surface area contributed by atoms with Gasteiger partial charge in [0.2, 0.25) is 0 Å². The molecule has 0 aliphatic rings. The Bertz CT molecular complexity index is 719. The third-order valence-corrected chi connectivity index (χ3v) is 4.34. The van der Waals surface area contributed by atoms with Gasteiger partial charge in [-0.15, -0.1) is 0 Å². The van der Waals surface area contributed by atoms with E-state index in [1.807, 2.05) is 44.2 Å². The molecule has 2 N–H and O–H groups in total. The van der Waals surface area contributed by atoms with Gasteiger partial charge in [0.05, 0.1) is 0 Å². The molecule has 0 saturated carbocycles. The molecule has 20 heavy (non-hydrogen) atoms. The van der Waals surface area contributed by atoms with Crippen molar-refractivity contribution < 1.29 is 18.1 Å². The predicted octanol–water partition coefficient (Wildman–Crippen LogP) is 2.96. The Balaban J connectivity index is 2.59. The molecular formula is C15H16O4S. The Morgan fingerprint density at radius 3 is 2.10 bits per heavy atom. The summed E-state index contributed by atoms with van der Waals surface area (Å²) >= 11 is 0. The Hall–Kier alpha value is -1.85. The molecule has 0 aliphatic heterocycles. The maximum absolute atomic E-state index is 11.3. The van der Waals surface area contributed by atoms with Crippen molar-refractivity contribution in [3.63, 3.8) is 0 Å². The maximum atomic E-state index is 11.3. The second-order valence-electron chi connectivity index (χ2n) is 5.15. The summed E-state index contributed by atoms with van der Waals surface area (Å²) in [5.74, 6) is -0.458. The number of phenolic OH excluding ortho intramolecular Hbond substituents is 1. The van der Waals surface area contributed by atoms with Crippen molar-refractivity contribution in [2.45, 2.75) is 24.2 Å². The fraction of sp³-hybridized carbons (Fsp3) is 0.200. The lowest BCUT2D eigenvalue weighted by Crippen LogP contribution is -2.19. The first-order chi connectivity index (χ1) is 9.23. The SMILES string of the molecule is CC(C)(c1ccccc1)c1ccc(O)c(S(=O)(=O)O)c1. The molecule has 4 nitrogen and oxygen atoms in total. The molecule has 2 rings (SSSR count). The summed E-state index contributed by atoms with van der Waals surface area (Å²) in [5, 5.41) is 9.57. The largest absolute Gasteiger partial charge is 0.506 e. The maximum Gasteiger partial charge on any atom is 0.298 e. The van der Waals surface area contributed by atoms with Gasteiger partial charge < -0.3 is 5.11 Å². The fourth-order valence-electron chi connectivity index (χ4n) is 2.13. The Morgan fingerprint density at radius 1 is 0.950 bits per heavy atom. The van der Waals surface area contributed by atoms with Crippen LogP contribution in [0.4, 0.5) is 0 Å². The van der Waals surface area contributed by atoms with Gasteiger partial charge in [-0.05, 0) is 23.3 Å². The zero-order chi connectivity index (χ0) is 15.0. The highest BCUT2D eigenvalue weighted by Crippen LogP contribution is 2.34. The standard InChI is InChI=1S/C15H16O4S/c1-15(2,11-6-4-3-5-7-11)12-8-9-13(16)14(10-12)20(17,18)19/h3-10,16H,1-2H3,(H,17,18,19). The third kappa shape index (κ3) is 2.69. The lowest BCUT2D eigenvalue weighted by molar-refractivity contribution is 0.442. The smallest absolute Gasteiger partial charge is 0.298 e. The molecule has 0 radical (unpaired) electrons. The van der Waals surface area contributed by atoms with Crippen LogP contribution in [-0.4, -0.2) is 18.1 Å². The van der Waals surface area contributed by atoms with Crippen LogP contribution in [0.2, 0.25) is 0 Å². The van der Waals surface area contributed by atoms with E-state index in [4.69, 9.17) is 4.55 Å². The summed E-state index contributed by atoms with van der Waals surface area (Å²) in [6.45, 7) is 3.89. The van der Waals surface area contributed by atoms with Gasteiger partial charge in [0.25, 0.3) is 10.1 Å². The first-order valence-electron chi connectivity index (χ1n) is 6.09. The van der Waals surface area contributed by atoms with Gasteiger partial charge in [0, 0.05) is 5.41 Å². The van der Waals surface area contributed by atoms with E-state index in [2.05, 4.69) is 0 Å². The molecule has 0 aliphatic carbocycles. The van der Waals surface area contributed by atoms with Crippen molar-refractivity contribution in [2.24, 2.45) is 0 Å². The minimum absolute atomic E-state index is 0.450. The summed E-state index contributed by atoms with van der Waals surface area (Å²) in [4.78, 5) is -0.473. The van der Waals surface area contributed by atoms with Gasteiger partial charge in [-0.2, -0.15) is 8.42 Å². The van der Waals surface area contributed by atoms with E-state index in [1.165, 1.54) is 12.1 Å². The number of benzene rings is 2. The molecule has 0 saturated heterocycles. The quantitative estimate of drug-likeness (QED) is 0.853. The molecule has 0 aromatic heterocycles. The average molecular weight is 292 g/mol. The molecule has 2 aromatic carbocycles. The molecule has 0 fully saturated rings. The van der Waals surface area contributed by atoms with Crippen molar-refractivity contribution in [1.29, 1.82) is 0 Å². The topological polar surface area (TPSA) is 74.6 Å². The second kappa shape index (κ2) is 4.92. The predicted molar refractivity (Wildman–Crippen MR) is 76.5 cm³/mol. The van der Waals surface area contributed by atoms with E-state index in [-0.39, 0.29) is 0 Å². The third-order valence-electron chi connectivity index (χ3n) is 3.45. The van der Waals surface area contributed by atoms with Crippen LogP contribution < -0.4 is 0 Å². The van der Waals surface area contributed by atoms with Gasteiger partial charge in [-0.3, -0.25) is 4.55 Å². The van der Waals surface area contributed by atoms with E-state index in [0.717, 1.165) is 5.56 Å². The van der Waals surface area contributed by atoms with Gasteiger partial charge in [0.1, 0.15) is 10.6 Å². The number of hydrogen-bond acceptors (Lipinski definition) is 3. The average Bonchev–Trinajstić information content (AvgIpc) is 2.38. The molecule has 2 aromatic rings. The molecule has 5 heteroatoms. The van der Waals surface area contributed by atoms with E-state index >= 15 is 0 Å². The van der Waals surface area contributed by atoms with Crippen molar-refractivity contribution in [3.05, 3.63) is 59.7 Å². The lowest BCUT2D eigenvalue weighted by Gasteiger charge is -2.26. The van der Waals surface area contributed by atoms with Crippen molar-refractivity contribution in [2.75, 3.05) is 0 Å². The number of phenols is 1. The minimum atomic E-state index is -4.45. The molecule has 106 valence electrons. The Labute approximate surface area is 118 Å². The van der Waals surface area contributed by atoms with E-state index < -0.39 is 26.2 Å². The van der Waals surface area contributed by atoms with Crippen LogP contribution in [0.15, 0.2) is 53.4 Å². The van der Waals surface area contributed by atoms with Crippen LogP contribution in [0.25, 0.3) is 0 Å². The summed E-state index contributed by atoms with van der Waals surface area (Å²) in [5.41, 5.74) is 1.25. The molecule has 0 atom stereocenters. The number of aromatic hydroxyl groups is 1. The van der Waals surface area contributed by atoms with Crippen LogP contribution in [0, 0.1) is 0 Å². The molecule has 0 heterocycles. The molecule has 0 spiro atoms. The van der Waals surface area contributed by atoms with Crippen molar-refractivity contribution in [3.8, 4) is 5.75 Å². The van der Waals surface area contributed by atoms with Gasteiger partial charge in [-0.1, -0.05) is 50.2 Å². The lowest BCUT2D eigenvalue weighted by atomic mass is 9.78. The summed E-state index contributed by atoms with van der Waals surface area (Å²) in [7, 11) is -4.45. The molecular weight excluding hydrogens is 276 g/mol. The van der Waals surface area contributed by atoms with E-state index in [1.54, 1.807) is 6.07 Å². The summed E-state index contributed by atoms with van der Waals surface area (Å²) in [6, 6.07) is 13.8. The number of rotatable bonds is 3. The van der Waals surface area contributed by atoms with E-state index in [9.17, 15) is 13.5 Å². The number of hydrogen-bond donors (Lipinski definition) is 2. The van der Waals surface area contributed by atoms with Crippen molar-refractivity contribution >= 4 is 10.1 Å². The minimum Gasteiger partial charge on any atom is -0.506 e. The summed E-state index contributed by atoms with van der Waals surface area (Å²) in [6.07, 6.45) is 0. The molecule has 0 amide bonds. The van der Waals surface area contributed by atoms with Crippen LogP contribution in [0.1, 0.15) is 25.0 Å². The Kier molecular flexibility index (Phi) is 3.58. The summed E-state index contributed by atoms with van der Waals surface area (Å²) < 4.78 is 31.7. The first kappa shape index (κ1) is 14.6. The zero-order valence-corrected chi connectivity index (χ0v) is 12.1. The Morgan fingerprint density at radius 2 is 1.55 bits per heavy atom.